The lowest BCUT2D eigenvalue weighted by Crippen LogP contribution is -2.33. The molecule has 1 rings (SSSR count). The van der Waals surface area contributed by atoms with Crippen molar-refractivity contribution >= 4 is 11.9 Å². The van der Waals surface area contributed by atoms with Gasteiger partial charge in [-0.1, -0.05) is 6.07 Å². The zero-order valence-electron chi connectivity index (χ0n) is 9.20. The summed E-state index contributed by atoms with van der Waals surface area (Å²) < 4.78 is 18.1. The number of hydrogen-bond acceptors (Lipinski definition) is 3. The van der Waals surface area contributed by atoms with Crippen molar-refractivity contribution in [3.63, 3.8) is 0 Å². The van der Waals surface area contributed by atoms with E-state index in [4.69, 9.17) is 9.84 Å². The molecule has 0 aliphatic heterocycles. The van der Waals surface area contributed by atoms with Crippen LogP contribution in [0.1, 0.15) is 5.56 Å². The maximum atomic E-state index is 13.2. The van der Waals surface area contributed by atoms with Crippen molar-refractivity contribution in [1.82, 2.24) is 5.32 Å². The van der Waals surface area contributed by atoms with Gasteiger partial charge in [0.2, 0.25) is 0 Å². The Balaban J connectivity index is 2.47. The quantitative estimate of drug-likeness (QED) is 0.796. The van der Waals surface area contributed by atoms with Crippen LogP contribution in [-0.4, -0.2) is 30.1 Å². The molecule has 6 heteroatoms. The lowest BCUT2D eigenvalue weighted by molar-refractivity contribution is -0.138. The summed E-state index contributed by atoms with van der Waals surface area (Å²) in [5.41, 5.74) is 0.798. The van der Waals surface area contributed by atoms with Crippen molar-refractivity contribution in [2.45, 2.75) is 6.92 Å². The van der Waals surface area contributed by atoms with E-state index in [0.717, 1.165) is 5.56 Å². The lowest BCUT2D eigenvalue weighted by Gasteiger charge is -2.07. The van der Waals surface area contributed by atoms with Gasteiger partial charge in [0.05, 0.1) is 0 Å². The Hall–Kier alpha value is -2.11. The van der Waals surface area contributed by atoms with E-state index in [1.54, 1.807) is 13.0 Å². The van der Waals surface area contributed by atoms with E-state index in [2.05, 4.69) is 5.32 Å². The molecule has 0 aliphatic rings. The van der Waals surface area contributed by atoms with E-state index >= 15 is 0 Å². The molecule has 92 valence electrons. The van der Waals surface area contributed by atoms with Gasteiger partial charge in [0, 0.05) is 0 Å². The highest BCUT2D eigenvalue weighted by atomic mass is 19.1. The van der Waals surface area contributed by atoms with E-state index in [-0.39, 0.29) is 5.75 Å². The molecule has 0 spiro atoms. The molecule has 1 aromatic carbocycles. The van der Waals surface area contributed by atoms with Gasteiger partial charge in [0.15, 0.2) is 18.2 Å². The molecule has 17 heavy (non-hydrogen) atoms. The number of amides is 1. The van der Waals surface area contributed by atoms with E-state index in [1.807, 2.05) is 0 Å². The van der Waals surface area contributed by atoms with Crippen LogP contribution in [0.4, 0.5) is 4.39 Å². The molecule has 0 atom stereocenters. The zero-order valence-corrected chi connectivity index (χ0v) is 9.20. The molecule has 1 amide bonds. The van der Waals surface area contributed by atoms with Crippen LogP contribution in [0.25, 0.3) is 0 Å². The highest BCUT2D eigenvalue weighted by Crippen LogP contribution is 2.17. The number of carbonyl (C=O) groups is 2. The molecule has 5 nitrogen and oxygen atoms in total. The van der Waals surface area contributed by atoms with Gasteiger partial charge >= 0.3 is 5.97 Å². The molecule has 0 fully saturated rings. The minimum Gasteiger partial charge on any atom is -0.481 e. The first-order chi connectivity index (χ1) is 7.99. The van der Waals surface area contributed by atoms with Crippen LogP contribution in [-0.2, 0) is 9.59 Å². The number of carbonyl (C=O) groups excluding carboxylic acids is 1. The minimum absolute atomic E-state index is 0.0320. The maximum absolute atomic E-state index is 13.2. The van der Waals surface area contributed by atoms with Crippen molar-refractivity contribution in [3.8, 4) is 5.75 Å². The van der Waals surface area contributed by atoms with Gasteiger partial charge in [0.1, 0.15) is 6.54 Å². The van der Waals surface area contributed by atoms with Gasteiger partial charge in [0.25, 0.3) is 5.91 Å². The second kappa shape index (κ2) is 5.83. The van der Waals surface area contributed by atoms with Crippen LogP contribution in [0.5, 0.6) is 5.75 Å². The fourth-order valence-electron chi connectivity index (χ4n) is 1.09. The summed E-state index contributed by atoms with van der Waals surface area (Å²) >= 11 is 0. The Morgan fingerprint density at radius 1 is 1.47 bits per heavy atom. The lowest BCUT2D eigenvalue weighted by atomic mass is 10.2. The second-order valence-corrected chi connectivity index (χ2v) is 3.39. The molecular weight excluding hydrogens is 229 g/mol. The summed E-state index contributed by atoms with van der Waals surface area (Å²) in [6.45, 7) is 0.850. The number of aliphatic carboxylic acids is 1. The summed E-state index contributed by atoms with van der Waals surface area (Å²) in [7, 11) is 0. The standard InChI is InChI=1S/C11H12FNO4/c1-7-2-3-8(12)9(4-7)17-6-10(14)13-5-11(15)16/h2-4H,5-6H2,1H3,(H,13,14)(H,15,16). The van der Waals surface area contributed by atoms with E-state index in [9.17, 15) is 14.0 Å². The predicted molar refractivity (Wildman–Crippen MR) is 57.3 cm³/mol. The molecule has 0 bridgehead atoms. The smallest absolute Gasteiger partial charge is 0.322 e. The number of carboxylic acids is 1. The molecule has 0 radical (unpaired) electrons. The first-order valence-corrected chi connectivity index (χ1v) is 4.86. The Kier molecular flexibility index (Phi) is 4.45. The monoisotopic (exact) mass is 241 g/mol. The van der Waals surface area contributed by atoms with Crippen LogP contribution in [0, 0.1) is 12.7 Å². The average Bonchev–Trinajstić information content (AvgIpc) is 2.27. The number of carboxylic acid groups (broad SMARTS) is 1. The van der Waals surface area contributed by atoms with Crippen LogP contribution in [0.15, 0.2) is 18.2 Å². The number of halogens is 1. The second-order valence-electron chi connectivity index (χ2n) is 3.39. The van der Waals surface area contributed by atoms with Crippen molar-refractivity contribution in [3.05, 3.63) is 29.6 Å². The highest BCUT2D eigenvalue weighted by molar-refractivity contribution is 5.82. The molecule has 0 heterocycles. The van der Waals surface area contributed by atoms with Crippen LogP contribution >= 0.6 is 0 Å². The molecule has 0 unspecified atom stereocenters. The Morgan fingerprint density at radius 3 is 2.82 bits per heavy atom. The average molecular weight is 241 g/mol. The van der Waals surface area contributed by atoms with Gasteiger partial charge in [-0.15, -0.1) is 0 Å². The molecule has 1 aromatic rings. The Morgan fingerprint density at radius 2 is 2.18 bits per heavy atom. The first kappa shape index (κ1) is 13.0. The number of aryl methyl sites for hydroxylation is 1. The molecule has 0 saturated carbocycles. The van der Waals surface area contributed by atoms with Crippen LogP contribution in [0.3, 0.4) is 0 Å². The molecule has 0 aliphatic carbocycles. The van der Waals surface area contributed by atoms with Gasteiger partial charge < -0.3 is 15.2 Å². The highest BCUT2D eigenvalue weighted by Gasteiger charge is 2.07. The third kappa shape index (κ3) is 4.50. The van der Waals surface area contributed by atoms with Gasteiger partial charge in [-0.05, 0) is 24.6 Å². The normalized spacial score (nSPS) is 9.76. The number of ether oxygens (including phenoxy) is 1. The third-order valence-corrected chi connectivity index (χ3v) is 1.88. The molecular formula is C11H12FNO4. The minimum atomic E-state index is -1.15. The van der Waals surface area contributed by atoms with E-state index in [0.29, 0.717) is 0 Å². The van der Waals surface area contributed by atoms with E-state index in [1.165, 1.54) is 12.1 Å². The van der Waals surface area contributed by atoms with Crippen molar-refractivity contribution in [2.75, 3.05) is 13.2 Å². The number of benzene rings is 1. The topological polar surface area (TPSA) is 75.6 Å². The number of nitrogens with one attached hydrogen (secondary N) is 1. The van der Waals surface area contributed by atoms with Crippen LogP contribution in [0.2, 0.25) is 0 Å². The number of hydrogen-bond donors (Lipinski definition) is 2. The summed E-state index contributed by atoms with van der Waals surface area (Å²) in [4.78, 5) is 21.3. The van der Waals surface area contributed by atoms with Gasteiger partial charge in [-0.3, -0.25) is 9.59 Å². The SMILES string of the molecule is Cc1ccc(F)c(OCC(=O)NCC(=O)O)c1. The largest absolute Gasteiger partial charge is 0.481 e. The molecule has 2 N–H and O–H groups in total. The zero-order chi connectivity index (χ0) is 12.8. The van der Waals surface area contributed by atoms with Gasteiger partial charge in [-0.25, -0.2) is 4.39 Å². The van der Waals surface area contributed by atoms with Crippen molar-refractivity contribution < 1.29 is 23.8 Å². The summed E-state index contributed by atoms with van der Waals surface area (Å²) in [6.07, 6.45) is 0. The summed E-state index contributed by atoms with van der Waals surface area (Å²) in [5, 5.41) is 10.4. The molecule has 0 saturated heterocycles. The van der Waals surface area contributed by atoms with Gasteiger partial charge in [-0.2, -0.15) is 0 Å². The third-order valence-electron chi connectivity index (χ3n) is 1.88. The summed E-state index contributed by atoms with van der Waals surface area (Å²) in [6, 6.07) is 4.27. The fourth-order valence-corrected chi connectivity index (χ4v) is 1.09. The summed E-state index contributed by atoms with van der Waals surface area (Å²) in [5.74, 6) is -2.37. The van der Waals surface area contributed by atoms with Crippen molar-refractivity contribution in [2.24, 2.45) is 0 Å². The Bertz CT molecular complexity index is 433. The molecule has 0 aromatic heterocycles. The predicted octanol–water partition coefficient (Wildman–Crippen LogP) is 0.714. The van der Waals surface area contributed by atoms with Crippen molar-refractivity contribution in [1.29, 1.82) is 0 Å². The first-order valence-electron chi connectivity index (χ1n) is 4.86. The van der Waals surface area contributed by atoms with Crippen LogP contribution < -0.4 is 10.1 Å². The fraction of sp³-hybridized carbons (Fsp3) is 0.273. The number of rotatable bonds is 5. The maximum Gasteiger partial charge on any atom is 0.322 e. The van der Waals surface area contributed by atoms with E-state index < -0.39 is 30.8 Å². The Labute approximate surface area is 97.2 Å².